The largest absolute Gasteiger partial charge is 0.482 e. The molecule has 6 aliphatic rings. The number of aryl methyl sites for hydroxylation is 1. The van der Waals surface area contributed by atoms with Gasteiger partial charge in [-0.05, 0) is 139 Å². The Bertz CT molecular complexity index is 2880. The average molecular weight is 977 g/mol. The third-order valence-corrected chi connectivity index (χ3v) is 16.9. The van der Waals surface area contributed by atoms with Gasteiger partial charge in [-0.2, -0.15) is 0 Å². The van der Waals surface area contributed by atoms with Crippen molar-refractivity contribution < 1.29 is 48.3 Å². The van der Waals surface area contributed by atoms with Crippen LogP contribution in [-0.2, 0) is 43.2 Å². The zero-order valence-electron chi connectivity index (χ0n) is 41.6. The fourth-order valence-electron chi connectivity index (χ4n) is 13.3. The minimum atomic E-state index is -1.30. The van der Waals surface area contributed by atoms with Crippen LogP contribution in [0.1, 0.15) is 146 Å². The third-order valence-electron chi connectivity index (χ3n) is 16.9. The minimum absolute atomic E-state index is 0.0621. The highest BCUT2D eigenvalue weighted by Crippen LogP contribution is 2.57. The number of carbonyl (C=O) groups is 2. The normalized spacial score (nSPS) is 27.4. The molecule has 2 fully saturated rings. The van der Waals surface area contributed by atoms with Crippen molar-refractivity contribution in [2.24, 2.45) is 17.8 Å². The Hall–Kier alpha value is -5.85. The van der Waals surface area contributed by atoms with Gasteiger partial charge in [0.05, 0.1) is 25.4 Å². The molecule has 4 heterocycles. The quantitative estimate of drug-likeness (QED) is 0.0529. The number of aliphatic hydroxyl groups is 3. The maximum Gasteiger partial charge on any atom is 0.340 e. The summed E-state index contributed by atoms with van der Waals surface area (Å²) >= 11 is 0. The van der Waals surface area contributed by atoms with Gasteiger partial charge in [0.2, 0.25) is 0 Å². The third kappa shape index (κ3) is 9.73. The predicted molar refractivity (Wildman–Crippen MR) is 274 cm³/mol. The highest BCUT2D eigenvalue weighted by molar-refractivity contribution is 5.90. The van der Waals surface area contributed by atoms with E-state index >= 15 is 9.59 Å². The summed E-state index contributed by atoms with van der Waals surface area (Å²) in [5.41, 5.74) is 5.66. The summed E-state index contributed by atoms with van der Waals surface area (Å²) in [7, 11) is 1.51. The van der Waals surface area contributed by atoms with Gasteiger partial charge < -0.3 is 38.7 Å². The van der Waals surface area contributed by atoms with E-state index in [1.54, 1.807) is 19.1 Å². The van der Waals surface area contributed by atoms with Crippen LogP contribution in [0.5, 0.6) is 5.75 Å². The number of hydrogen-bond donors (Lipinski definition) is 3. The number of esters is 2. The lowest BCUT2D eigenvalue weighted by molar-refractivity contribution is -0.208. The monoisotopic (exact) mass is 976 g/mol. The topological polar surface area (TPSA) is 162 Å². The molecule has 3 N–H and O–H groups in total. The first kappa shape index (κ1) is 49.7. The number of aliphatic hydroxyl groups excluding tert-OH is 3. The summed E-state index contributed by atoms with van der Waals surface area (Å²) < 4.78 is 33.0. The second-order valence-electron chi connectivity index (χ2n) is 21.1. The molecular weight excluding hydrogens is 909 g/mol. The second-order valence-corrected chi connectivity index (χ2v) is 21.1. The summed E-state index contributed by atoms with van der Waals surface area (Å²) in [6.45, 7) is 0.730. The second kappa shape index (κ2) is 21.7. The molecule has 11 heteroatoms. The summed E-state index contributed by atoms with van der Waals surface area (Å²) in [6.07, 6.45) is 10.4. The van der Waals surface area contributed by atoms with Crippen molar-refractivity contribution in [3.63, 3.8) is 0 Å². The molecule has 5 aromatic rings. The molecule has 3 aliphatic carbocycles. The van der Waals surface area contributed by atoms with E-state index in [9.17, 15) is 20.1 Å². The molecule has 0 saturated heterocycles. The summed E-state index contributed by atoms with van der Waals surface area (Å²) in [5.74, 6) is -1.21. The average Bonchev–Trinajstić information content (AvgIpc) is 3.39. The van der Waals surface area contributed by atoms with Gasteiger partial charge in [0.15, 0.2) is 17.8 Å². The van der Waals surface area contributed by atoms with Gasteiger partial charge in [-0.1, -0.05) is 104 Å². The smallest absolute Gasteiger partial charge is 0.340 e. The van der Waals surface area contributed by atoms with E-state index in [0.717, 1.165) is 62.5 Å². The van der Waals surface area contributed by atoms with Crippen LogP contribution in [0, 0.1) is 17.8 Å². The number of allylic oxidation sites excluding steroid dienone is 1. The molecule has 2 saturated carbocycles. The van der Waals surface area contributed by atoms with Crippen molar-refractivity contribution >= 4 is 22.9 Å². The van der Waals surface area contributed by atoms with Crippen LogP contribution in [0.3, 0.4) is 0 Å². The van der Waals surface area contributed by atoms with E-state index in [2.05, 4.69) is 84.9 Å². The van der Waals surface area contributed by atoms with E-state index in [0.29, 0.717) is 47.1 Å². The first-order valence-electron chi connectivity index (χ1n) is 26.2. The predicted octanol–water partition coefficient (Wildman–Crippen LogP) is 10.4. The molecule has 2 bridgehead atoms. The van der Waals surface area contributed by atoms with Gasteiger partial charge in [0.25, 0.3) is 0 Å². The number of carbonyl (C=O) groups excluding carboxylic acids is 2. The summed E-state index contributed by atoms with van der Waals surface area (Å²) in [5, 5.41) is 32.1. The van der Waals surface area contributed by atoms with E-state index in [1.165, 1.54) is 23.8 Å². The summed E-state index contributed by atoms with van der Waals surface area (Å²) in [4.78, 5) is 44.9. The zero-order chi connectivity index (χ0) is 49.9. The van der Waals surface area contributed by atoms with Crippen molar-refractivity contribution in [3.05, 3.63) is 169 Å². The van der Waals surface area contributed by atoms with Gasteiger partial charge >= 0.3 is 17.6 Å². The molecular formula is C61H68O11. The number of benzene rings is 4. The van der Waals surface area contributed by atoms with E-state index in [4.69, 9.17) is 23.4 Å². The van der Waals surface area contributed by atoms with Crippen LogP contribution >= 0.6 is 0 Å². The number of methoxy groups -OCH3 is 1. The first-order chi connectivity index (χ1) is 35.1. The van der Waals surface area contributed by atoms with Crippen LogP contribution in [0.15, 0.2) is 124 Å². The highest BCUT2D eigenvalue weighted by Gasteiger charge is 2.61. The van der Waals surface area contributed by atoms with Crippen LogP contribution in [-0.4, -0.2) is 65.9 Å². The maximum absolute atomic E-state index is 15.4. The van der Waals surface area contributed by atoms with Crippen molar-refractivity contribution in [1.29, 1.82) is 0 Å². The van der Waals surface area contributed by atoms with Crippen LogP contribution < -0.4 is 10.4 Å². The number of hydrogen-bond acceptors (Lipinski definition) is 11. The highest BCUT2D eigenvalue weighted by atomic mass is 16.6. The fraction of sp³-hybridized carbons (Fsp3) is 0.459. The maximum atomic E-state index is 15.4. The Kier molecular flexibility index (Phi) is 15.0. The molecule has 9 unspecified atom stereocenters. The van der Waals surface area contributed by atoms with Crippen molar-refractivity contribution in [3.8, 4) is 5.75 Å². The van der Waals surface area contributed by atoms with Gasteiger partial charge in [0, 0.05) is 54.9 Å². The molecule has 72 heavy (non-hydrogen) atoms. The van der Waals surface area contributed by atoms with Crippen LogP contribution in [0.25, 0.3) is 11.0 Å². The van der Waals surface area contributed by atoms with Gasteiger partial charge in [0.1, 0.15) is 11.3 Å². The Morgan fingerprint density at radius 1 is 0.847 bits per heavy atom. The van der Waals surface area contributed by atoms with Crippen molar-refractivity contribution in [2.75, 3.05) is 26.9 Å². The van der Waals surface area contributed by atoms with Crippen LogP contribution in [0.2, 0.25) is 0 Å². The molecule has 0 radical (unpaired) electrons. The van der Waals surface area contributed by atoms with Gasteiger partial charge in [-0.25, -0.2) is 9.59 Å². The number of fused-ring (bicyclic) bond motifs is 13. The Morgan fingerprint density at radius 2 is 1.65 bits per heavy atom. The number of ether oxygens (including phenoxy) is 4. The molecule has 3 aliphatic heterocycles. The Morgan fingerprint density at radius 3 is 2.43 bits per heavy atom. The zero-order valence-corrected chi connectivity index (χ0v) is 41.6. The molecule has 11 rings (SSSR count). The van der Waals surface area contributed by atoms with Crippen molar-refractivity contribution in [2.45, 2.75) is 133 Å². The molecule has 1 spiro atoms. The lowest BCUT2D eigenvalue weighted by Gasteiger charge is -2.54. The van der Waals surface area contributed by atoms with Gasteiger partial charge in [-0.15, -0.1) is 0 Å². The SMILES string of the molecule is COCC(CCO)c1c(CO)c2ccc3c(c2oc1=O)C1OC(=O)CC2CC(c4cccc(Cc5ccccc5)c4)CCC2c2ccc(cc2)CCC(=C(C)CO)C(=O)OC1C1(CC=CC2CCCCC21)O3. The van der Waals surface area contributed by atoms with E-state index in [1.807, 2.05) is 6.07 Å². The van der Waals surface area contributed by atoms with E-state index in [-0.39, 0.29) is 79.0 Å². The standard InChI is InChI=1S/C61H68O11/c1-37(34-63)47-23-19-38-17-20-41(21-18-38)48-24-22-44(43-14-8-12-40(31-43)30-39-10-4-3-5-11-39)32-46(48)33-53(65)69-57-55-52(72-61(58(57)71-59(47)66)28-9-15-42-13-6-7-16-51(42)61)26-25-49-50(35-64)54(60(67)70-56(49)55)45(27-29-62)36-68-2/h3-5,8-12,14-15,17-18,20-21,25-26,31,42,44-46,48,51,57-58,62-64H,6-7,13,16,19,22-24,27-30,32-36H2,1-2H3. The lowest BCUT2D eigenvalue weighted by Crippen LogP contribution is -2.62. The molecule has 0 amide bonds. The molecule has 4 aromatic carbocycles. The lowest BCUT2D eigenvalue weighted by atomic mass is 9.62. The van der Waals surface area contributed by atoms with Gasteiger partial charge in [-0.3, -0.25) is 4.79 Å². The molecule has 11 nitrogen and oxygen atoms in total. The summed E-state index contributed by atoms with van der Waals surface area (Å²) in [6, 6.07) is 31.5. The fourth-order valence-corrected chi connectivity index (χ4v) is 13.3. The Labute approximate surface area is 421 Å². The molecule has 9 atom stereocenters. The van der Waals surface area contributed by atoms with Crippen molar-refractivity contribution in [1.82, 2.24) is 0 Å². The number of rotatable bonds is 10. The minimum Gasteiger partial charge on any atom is -0.482 e. The molecule has 378 valence electrons. The van der Waals surface area contributed by atoms with Crippen LogP contribution in [0.4, 0.5) is 0 Å². The first-order valence-corrected chi connectivity index (χ1v) is 26.2. The molecule has 1 aromatic heterocycles. The Balaban J connectivity index is 1.12. The van der Waals surface area contributed by atoms with E-state index < -0.39 is 47.9 Å².